The molecule has 0 amide bonds. The maximum absolute atomic E-state index is 5.67. The third kappa shape index (κ3) is 2.08. The number of rotatable bonds is 3. The molecule has 0 aliphatic rings. The Kier molecular flexibility index (Phi) is 2.86. The van der Waals surface area contributed by atoms with E-state index >= 15 is 0 Å². The van der Waals surface area contributed by atoms with E-state index < -0.39 is 0 Å². The van der Waals surface area contributed by atoms with Crippen LogP contribution in [-0.2, 0) is 6.61 Å². The van der Waals surface area contributed by atoms with Gasteiger partial charge in [0.2, 0.25) is 0 Å². The van der Waals surface area contributed by atoms with E-state index in [1.54, 1.807) is 11.3 Å². The second-order valence-electron chi connectivity index (χ2n) is 3.51. The molecule has 17 heavy (non-hydrogen) atoms. The number of hydrogen-bond donors (Lipinski definition) is 0. The van der Waals surface area contributed by atoms with Gasteiger partial charge in [-0.3, -0.25) is 4.40 Å². The van der Waals surface area contributed by atoms with Crippen LogP contribution in [0.2, 0.25) is 0 Å². The Morgan fingerprint density at radius 2 is 2.12 bits per heavy atom. The van der Waals surface area contributed by atoms with Crippen LogP contribution in [0.4, 0.5) is 0 Å². The standard InChI is InChI=1S/C12H9BrN2OS/c13-11-10(14-12-15(11)6-7-17-12)8-16-9-4-2-1-3-5-9/h1-7H,8H2. The van der Waals surface area contributed by atoms with Crippen LogP contribution in [0.5, 0.6) is 5.75 Å². The fraction of sp³-hybridized carbons (Fsp3) is 0.0833. The molecule has 0 aliphatic carbocycles. The predicted octanol–water partition coefficient (Wildman–Crippen LogP) is 3.74. The highest BCUT2D eigenvalue weighted by Gasteiger charge is 2.10. The lowest BCUT2D eigenvalue weighted by atomic mass is 10.3. The van der Waals surface area contributed by atoms with Crippen molar-refractivity contribution >= 4 is 32.2 Å². The summed E-state index contributed by atoms with van der Waals surface area (Å²) < 4.78 is 8.64. The number of ether oxygens (including phenoxy) is 1. The van der Waals surface area contributed by atoms with Crippen LogP contribution in [0, 0.1) is 0 Å². The molecular formula is C12H9BrN2OS. The smallest absolute Gasteiger partial charge is 0.194 e. The molecule has 3 aromatic rings. The quantitative estimate of drug-likeness (QED) is 0.737. The van der Waals surface area contributed by atoms with Crippen molar-refractivity contribution in [1.29, 1.82) is 0 Å². The van der Waals surface area contributed by atoms with E-state index in [2.05, 4.69) is 20.9 Å². The maximum Gasteiger partial charge on any atom is 0.194 e. The van der Waals surface area contributed by atoms with Crippen molar-refractivity contribution in [2.24, 2.45) is 0 Å². The molecule has 0 unspecified atom stereocenters. The summed E-state index contributed by atoms with van der Waals surface area (Å²) in [5, 5.41) is 2.01. The van der Waals surface area contributed by atoms with Gasteiger partial charge >= 0.3 is 0 Å². The van der Waals surface area contributed by atoms with Crippen molar-refractivity contribution in [3.63, 3.8) is 0 Å². The first-order chi connectivity index (χ1) is 8.34. The van der Waals surface area contributed by atoms with Gasteiger partial charge in [-0.2, -0.15) is 0 Å². The van der Waals surface area contributed by atoms with Crippen molar-refractivity contribution in [3.8, 4) is 5.75 Å². The van der Waals surface area contributed by atoms with E-state index in [-0.39, 0.29) is 0 Å². The largest absolute Gasteiger partial charge is 0.487 e. The minimum absolute atomic E-state index is 0.471. The Morgan fingerprint density at radius 1 is 1.29 bits per heavy atom. The summed E-state index contributed by atoms with van der Waals surface area (Å²) in [5.74, 6) is 0.857. The average Bonchev–Trinajstić information content (AvgIpc) is 2.92. The Labute approximate surface area is 111 Å². The molecule has 0 saturated heterocycles. The SMILES string of the molecule is Brc1c(COc2ccccc2)nc2sccn12. The predicted molar refractivity (Wildman–Crippen MR) is 71.5 cm³/mol. The molecule has 0 bridgehead atoms. The van der Waals surface area contributed by atoms with E-state index in [4.69, 9.17) is 4.74 Å². The van der Waals surface area contributed by atoms with Gasteiger partial charge in [0.05, 0.1) is 0 Å². The lowest BCUT2D eigenvalue weighted by molar-refractivity contribution is 0.301. The van der Waals surface area contributed by atoms with Gasteiger partial charge < -0.3 is 4.74 Å². The van der Waals surface area contributed by atoms with Crippen molar-refractivity contribution in [1.82, 2.24) is 9.38 Å². The number of imidazole rings is 1. The monoisotopic (exact) mass is 308 g/mol. The van der Waals surface area contributed by atoms with Gasteiger partial charge in [-0.05, 0) is 28.1 Å². The molecule has 0 saturated carbocycles. The molecule has 2 aromatic heterocycles. The summed E-state index contributed by atoms with van der Waals surface area (Å²) in [4.78, 5) is 5.47. The molecule has 0 radical (unpaired) electrons. The van der Waals surface area contributed by atoms with Gasteiger partial charge in [0.1, 0.15) is 22.7 Å². The second-order valence-corrected chi connectivity index (χ2v) is 5.13. The molecule has 5 heteroatoms. The molecule has 2 heterocycles. The van der Waals surface area contributed by atoms with Crippen LogP contribution in [0.3, 0.4) is 0 Å². The Balaban J connectivity index is 1.81. The summed E-state index contributed by atoms with van der Waals surface area (Å²) in [7, 11) is 0. The minimum Gasteiger partial charge on any atom is -0.487 e. The fourth-order valence-corrected chi connectivity index (χ4v) is 2.90. The fourth-order valence-electron chi connectivity index (χ4n) is 1.56. The molecular weight excluding hydrogens is 300 g/mol. The lowest BCUT2D eigenvalue weighted by Crippen LogP contribution is -1.96. The van der Waals surface area contributed by atoms with Gasteiger partial charge in [0.25, 0.3) is 0 Å². The third-order valence-electron chi connectivity index (χ3n) is 2.39. The molecule has 86 valence electrons. The molecule has 0 atom stereocenters. The number of halogens is 1. The van der Waals surface area contributed by atoms with E-state index in [9.17, 15) is 0 Å². The van der Waals surface area contributed by atoms with Crippen LogP contribution in [0.15, 0.2) is 46.5 Å². The normalized spacial score (nSPS) is 10.9. The topological polar surface area (TPSA) is 26.5 Å². The Morgan fingerprint density at radius 3 is 2.88 bits per heavy atom. The Bertz CT molecular complexity index is 632. The van der Waals surface area contributed by atoms with E-state index in [1.807, 2.05) is 46.3 Å². The number of nitrogens with zero attached hydrogens (tertiary/aromatic N) is 2. The van der Waals surface area contributed by atoms with Crippen LogP contribution < -0.4 is 4.74 Å². The van der Waals surface area contributed by atoms with Crippen LogP contribution in [-0.4, -0.2) is 9.38 Å². The molecule has 0 fully saturated rings. The average molecular weight is 309 g/mol. The summed E-state index contributed by atoms with van der Waals surface area (Å²) in [6.45, 7) is 0.471. The highest BCUT2D eigenvalue weighted by molar-refractivity contribution is 9.10. The van der Waals surface area contributed by atoms with Crippen LogP contribution in [0.25, 0.3) is 4.96 Å². The zero-order chi connectivity index (χ0) is 11.7. The summed E-state index contributed by atoms with van der Waals surface area (Å²) in [6, 6.07) is 9.75. The molecule has 0 spiro atoms. The van der Waals surface area contributed by atoms with Gasteiger partial charge in [-0.1, -0.05) is 18.2 Å². The number of aromatic nitrogens is 2. The Hall–Kier alpha value is -1.33. The van der Waals surface area contributed by atoms with Crippen LogP contribution >= 0.6 is 27.3 Å². The number of thiazole rings is 1. The maximum atomic E-state index is 5.67. The van der Waals surface area contributed by atoms with E-state index in [1.165, 1.54) is 0 Å². The van der Waals surface area contributed by atoms with Crippen LogP contribution in [0.1, 0.15) is 5.69 Å². The first-order valence-corrected chi connectivity index (χ1v) is 6.79. The zero-order valence-corrected chi connectivity index (χ0v) is 11.2. The van der Waals surface area contributed by atoms with Gasteiger partial charge in [-0.25, -0.2) is 4.98 Å². The minimum atomic E-state index is 0.471. The number of para-hydroxylation sites is 1. The molecule has 0 N–H and O–H groups in total. The van der Waals surface area contributed by atoms with Crippen molar-refractivity contribution in [3.05, 3.63) is 52.2 Å². The van der Waals surface area contributed by atoms with Gasteiger partial charge in [-0.15, -0.1) is 11.3 Å². The first kappa shape index (κ1) is 10.8. The van der Waals surface area contributed by atoms with Gasteiger partial charge in [0, 0.05) is 11.6 Å². The molecule has 1 aromatic carbocycles. The zero-order valence-electron chi connectivity index (χ0n) is 8.84. The third-order valence-corrected chi connectivity index (χ3v) is 3.98. The van der Waals surface area contributed by atoms with Crippen molar-refractivity contribution in [2.75, 3.05) is 0 Å². The summed E-state index contributed by atoms with van der Waals surface area (Å²) >= 11 is 5.14. The van der Waals surface area contributed by atoms with E-state index in [0.29, 0.717) is 6.61 Å². The molecule has 3 rings (SSSR count). The van der Waals surface area contributed by atoms with E-state index in [0.717, 1.165) is 21.0 Å². The summed E-state index contributed by atoms with van der Waals surface area (Å²) in [6.07, 6.45) is 1.99. The first-order valence-electron chi connectivity index (χ1n) is 5.12. The lowest BCUT2D eigenvalue weighted by Gasteiger charge is -2.03. The number of fused-ring (bicyclic) bond motifs is 1. The van der Waals surface area contributed by atoms with Crippen molar-refractivity contribution in [2.45, 2.75) is 6.61 Å². The number of hydrogen-bond acceptors (Lipinski definition) is 3. The number of benzene rings is 1. The van der Waals surface area contributed by atoms with Crippen molar-refractivity contribution < 1.29 is 4.74 Å². The molecule has 3 nitrogen and oxygen atoms in total. The second kappa shape index (κ2) is 4.50. The molecule has 0 aliphatic heterocycles. The summed E-state index contributed by atoms with van der Waals surface area (Å²) in [5.41, 5.74) is 0.917. The highest BCUT2D eigenvalue weighted by atomic mass is 79.9. The van der Waals surface area contributed by atoms with Gasteiger partial charge in [0.15, 0.2) is 4.96 Å². The highest BCUT2D eigenvalue weighted by Crippen LogP contribution is 2.23.